The van der Waals surface area contributed by atoms with Crippen LogP contribution in [0.1, 0.15) is 17.0 Å². The molecule has 0 atom stereocenters. The highest BCUT2D eigenvalue weighted by Crippen LogP contribution is 2.27. The van der Waals surface area contributed by atoms with E-state index in [9.17, 15) is 0 Å². The van der Waals surface area contributed by atoms with E-state index in [-0.39, 0.29) is 0 Å². The first-order valence-corrected chi connectivity index (χ1v) is 8.70. The molecule has 3 rings (SSSR count). The van der Waals surface area contributed by atoms with Crippen molar-refractivity contribution in [3.63, 3.8) is 0 Å². The van der Waals surface area contributed by atoms with Gasteiger partial charge in [-0.2, -0.15) is 0 Å². The smallest absolute Gasteiger partial charge is 0.136 e. The molecule has 0 spiro atoms. The van der Waals surface area contributed by atoms with Gasteiger partial charge < -0.3 is 4.57 Å². The van der Waals surface area contributed by atoms with E-state index in [1.54, 1.807) is 11.8 Å². The quantitative estimate of drug-likeness (QED) is 0.502. The van der Waals surface area contributed by atoms with Crippen molar-refractivity contribution in [1.29, 1.82) is 0 Å². The van der Waals surface area contributed by atoms with E-state index >= 15 is 0 Å². The van der Waals surface area contributed by atoms with Crippen LogP contribution in [0.25, 0.3) is 5.82 Å². The highest BCUT2D eigenvalue weighted by Gasteiger charge is 2.10. The minimum Gasteiger partial charge on any atom is -0.303 e. The van der Waals surface area contributed by atoms with E-state index in [4.69, 9.17) is 0 Å². The molecule has 116 valence electrons. The van der Waals surface area contributed by atoms with Gasteiger partial charge >= 0.3 is 0 Å². The fourth-order valence-electron chi connectivity index (χ4n) is 2.63. The van der Waals surface area contributed by atoms with Crippen molar-refractivity contribution < 1.29 is 0 Å². The standard InChI is InChI=1S/C19H19N3S/c1-14-12-16(13-21-17-8-4-5-9-18(17)23-3)15(2)22(14)19-10-6-7-11-20-19/h4-13H,1-3H3. The Labute approximate surface area is 141 Å². The molecule has 2 heterocycles. The highest BCUT2D eigenvalue weighted by atomic mass is 32.2. The number of hydrogen-bond acceptors (Lipinski definition) is 3. The summed E-state index contributed by atoms with van der Waals surface area (Å²) in [5.41, 5.74) is 4.42. The fraction of sp³-hybridized carbons (Fsp3) is 0.158. The molecule has 0 bridgehead atoms. The number of rotatable bonds is 4. The summed E-state index contributed by atoms with van der Waals surface area (Å²) in [6, 6.07) is 16.3. The lowest BCUT2D eigenvalue weighted by Gasteiger charge is -2.07. The lowest BCUT2D eigenvalue weighted by molar-refractivity contribution is 0.921. The third kappa shape index (κ3) is 3.22. The molecule has 0 saturated carbocycles. The second-order valence-electron chi connectivity index (χ2n) is 5.28. The molecule has 0 unspecified atom stereocenters. The van der Waals surface area contributed by atoms with Crippen LogP contribution >= 0.6 is 11.8 Å². The molecule has 2 aromatic heterocycles. The number of nitrogens with zero attached hydrogens (tertiary/aromatic N) is 3. The predicted molar refractivity (Wildman–Crippen MR) is 98.5 cm³/mol. The summed E-state index contributed by atoms with van der Waals surface area (Å²) < 4.78 is 2.15. The molecular weight excluding hydrogens is 302 g/mol. The van der Waals surface area contributed by atoms with Crippen molar-refractivity contribution in [3.05, 3.63) is 71.7 Å². The molecule has 0 fully saturated rings. The summed E-state index contributed by atoms with van der Waals surface area (Å²) in [5, 5.41) is 0. The number of para-hydroxylation sites is 1. The highest BCUT2D eigenvalue weighted by molar-refractivity contribution is 7.98. The van der Waals surface area contributed by atoms with Crippen molar-refractivity contribution in [2.45, 2.75) is 18.7 Å². The summed E-state index contributed by atoms with van der Waals surface area (Å²) >= 11 is 1.71. The van der Waals surface area contributed by atoms with E-state index in [1.807, 2.05) is 48.8 Å². The topological polar surface area (TPSA) is 30.2 Å². The summed E-state index contributed by atoms with van der Waals surface area (Å²) in [4.78, 5) is 10.3. The van der Waals surface area contributed by atoms with Gasteiger partial charge in [-0.25, -0.2) is 4.98 Å². The summed E-state index contributed by atoms with van der Waals surface area (Å²) in [7, 11) is 0. The number of aryl methyl sites for hydroxylation is 1. The van der Waals surface area contributed by atoms with Crippen molar-refractivity contribution >= 4 is 23.7 Å². The average Bonchev–Trinajstić information content (AvgIpc) is 2.87. The third-order valence-electron chi connectivity index (χ3n) is 3.78. The van der Waals surface area contributed by atoms with Gasteiger partial charge in [0.25, 0.3) is 0 Å². The van der Waals surface area contributed by atoms with Gasteiger partial charge in [-0.15, -0.1) is 11.8 Å². The molecule has 0 aliphatic rings. The lowest BCUT2D eigenvalue weighted by atomic mass is 10.2. The van der Waals surface area contributed by atoms with Crippen LogP contribution in [0.5, 0.6) is 0 Å². The first-order valence-electron chi connectivity index (χ1n) is 7.48. The molecular formula is C19H19N3S. The number of aliphatic imine (C=N–C) groups is 1. The van der Waals surface area contributed by atoms with Crippen LogP contribution in [-0.2, 0) is 0 Å². The van der Waals surface area contributed by atoms with Gasteiger partial charge in [-0.05, 0) is 50.4 Å². The number of aromatic nitrogens is 2. The van der Waals surface area contributed by atoms with Crippen LogP contribution in [0.15, 0.2) is 64.6 Å². The molecule has 3 aromatic rings. The van der Waals surface area contributed by atoms with E-state index in [1.165, 1.54) is 4.90 Å². The zero-order valence-electron chi connectivity index (χ0n) is 13.5. The van der Waals surface area contributed by atoms with E-state index in [0.29, 0.717) is 0 Å². The molecule has 23 heavy (non-hydrogen) atoms. The molecule has 3 nitrogen and oxygen atoms in total. The number of benzene rings is 1. The molecule has 0 aliphatic heterocycles. The Morgan fingerprint density at radius 3 is 2.61 bits per heavy atom. The predicted octanol–water partition coefficient (Wildman–Crippen LogP) is 4.96. The van der Waals surface area contributed by atoms with Crippen LogP contribution in [0, 0.1) is 13.8 Å². The van der Waals surface area contributed by atoms with Gasteiger partial charge in [0.1, 0.15) is 5.82 Å². The summed E-state index contributed by atoms with van der Waals surface area (Å²) in [6.07, 6.45) is 5.83. The minimum atomic E-state index is 0.937. The Morgan fingerprint density at radius 2 is 1.87 bits per heavy atom. The van der Waals surface area contributed by atoms with Gasteiger partial charge in [0.2, 0.25) is 0 Å². The molecule has 0 amide bonds. The fourth-order valence-corrected chi connectivity index (χ4v) is 3.18. The number of thioether (sulfide) groups is 1. The zero-order chi connectivity index (χ0) is 16.2. The van der Waals surface area contributed by atoms with Gasteiger partial charge in [-0.3, -0.25) is 4.99 Å². The summed E-state index contributed by atoms with van der Waals surface area (Å²) in [6.45, 7) is 4.19. The van der Waals surface area contributed by atoms with Gasteiger partial charge in [0.05, 0.1) is 5.69 Å². The SMILES string of the molecule is CSc1ccccc1N=Cc1cc(C)n(-c2ccccn2)c1C. The minimum absolute atomic E-state index is 0.937. The average molecular weight is 321 g/mol. The molecule has 0 aliphatic carbocycles. The van der Waals surface area contributed by atoms with Crippen molar-refractivity contribution in [2.24, 2.45) is 4.99 Å². The van der Waals surface area contributed by atoms with Gasteiger partial charge in [0.15, 0.2) is 0 Å². The molecule has 1 aromatic carbocycles. The molecule has 0 radical (unpaired) electrons. The Hall–Kier alpha value is -2.33. The van der Waals surface area contributed by atoms with E-state index in [2.05, 4.69) is 46.8 Å². The largest absolute Gasteiger partial charge is 0.303 e. The number of pyridine rings is 1. The second kappa shape index (κ2) is 6.84. The maximum atomic E-state index is 4.68. The number of hydrogen-bond donors (Lipinski definition) is 0. The van der Waals surface area contributed by atoms with Crippen LogP contribution < -0.4 is 0 Å². The van der Waals surface area contributed by atoms with Crippen molar-refractivity contribution in [3.8, 4) is 5.82 Å². The van der Waals surface area contributed by atoms with Gasteiger partial charge in [-0.1, -0.05) is 18.2 Å². The maximum absolute atomic E-state index is 4.68. The van der Waals surface area contributed by atoms with Crippen LogP contribution in [0.4, 0.5) is 5.69 Å². The lowest BCUT2D eigenvalue weighted by Crippen LogP contribution is -2.01. The Kier molecular flexibility index (Phi) is 4.63. The van der Waals surface area contributed by atoms with Crippen LogP contribution in [0.3, 0.4) is 0 Å². The Morgan fingerprint density at radius 1 is 1.09 bits per heavy atom. The normalized spacial score (nSPS) is 11.3. The first kappa shape index (κ1) is 15.6. The Balaban J connectivity index is 1.98. The zero-order valence-corrected chi connectivity index (χ0v) is 14.3. The Bertz CT molecular complexity index is 835. The molecule has 0 N–H and O–H groups in total. The van der Waals surface area contributed by atoms with Crippen molar-refractivity contribution in [2.75, 3.05) is 6.26 Å². The van der Waals surface area contributed by atoms with E-state index in [0.717, 1.165) is 28.5 Å². The first-order chi connectivity index (χ1) is 11.2. The van der Waals surface area contributed by atoms with Crippen LogP contribution in [-0.4, -0.2) is 22.0 Å². The van der Waals surface area contributed by atoms with Gasteiger partial charge in [0, 0.05) is 34.3 Å². The molecule has 4 heteroatoms. The monoisotopic (exact) mass is 321 g/mol. The second-order valence-corrected chi connectivity index (χ2v) is 6.13. The summed E-state index contributed by atoms with van der Waals surface area (Å²) in [5.74, 6) is 0.937. The van der Waals surface area contributed by atoms with E-state index < -0.39 is 0 Å². The molecule has 0 saturated heterocycles. The van der Waals surface area contributed by atoms with Crippen molar-refractivity contribution in [1.82, 2.24) is 9.55 Å². The third-order valence-corrected chi connectivity index (χ3v) is 4.56. The maximum Gasteiger partial charge on any atom is 0.136 e. The van der Waals surface area contributed by atoms with Crippen LogP contribution in [0.2, 0.25) is 0 Å².